The fraction of sp³-hybridized carbons (Fsp3) is 0.333. The average Bonchev–Trinajstić information content (AvgIpc) is 2.63. The van der Waals surface area contributed by atoms with Gasteiger partial charge in [-0.05, 0) is 0 Å². The molecule has 2 heterocycles. The van der Waals surface area contributed by atoms with Crippen LogP contribution in [0.5, 0.6) is 0 Å². The predicted octanol–water partition coefficient (Wildman–Crippen LogP) is 0.417. The van der Waals surface area contributed by atoms with Crippen LogP contribution in [-0.2, 0) is 13.5 Å². The molecule has 0 aliphatic carbocycles. The Balaban J connectivity index is 2.53. The van der Waals surface area contributed by atoms with Crippen molar-refractivity contribution in [2.24, 2.45) is 7.05 Å². The Morgan fingerprint density at radius 3 is 2.73 bits per heavy atom. The summed E-state index contributed by atoms with van der Waals surface area (Å²) in [5.41, 5.74) is 5.59. The molecule has 78 valence electrons. The minimum absolute atomic E-state index is 0.236. The first-order chi connectivity index (χ1) is 7.20. The molecule has 6 nitrogen and oxygen atoms in total. The van der Waals surface area contributed by atoms with E-state index < -0.39 is 0 Å². The number of hydrogen-bond donors (Lipinski definition) is 1. The molecule has 0 unspecified atom stereocenters. The van der Waals surface area contributed by atoms with Crippen LogP contribution in [0.3, 0.4) is 0 Å². The van der Waals surface area contributed by atoms with Crippen molar-refractivity contribution in [2.75, 3.05) is 5.73 Å². The molecule has 0 radical (unpaired) electrons. The summed E-state index contributed by atoms with van der Waals surface area (Å²) in [6.45, 7) is 1.97. The number of anilines is 1. The van der Waals surface area contributed by atoms with E-state index in [4.69, 9.17) is 5.73 Å². The number of nitrogens with two attached hydrogens (primary N) is 1. The molecule has 0 saturated heterocycles. The van der Waals surface area contributed by atoms with Crippen molar-refractivity contribution in [3.63, 3.8) is 0 Å². The molecule has 0 fully saturated rings. The maximum Gasteiger partial charge on any atom is 0.223 e. The van der Waals surface area contributed by atoms with E-state index in [1.807, 2.05) is 24.7 Å². The van der Waals surface area contributed by atoms with Crippen LogP contribution in [0.1, 0.15) is 12.7 Å². The molecule has 0 atom stereocenters. The van der Waals surface area contributed by atoms with E-state index in [0.717, 1.165) is 6.42 Å². The summed E-state index contributed by atoms with van der Waals surface area (Å²) < 4.78 is 1.84. The lowest BCUT2D eigenvalue weighted by Crippen LogP contribution is -2.06. The summed E-state index contributed by atoms with van der Waals surface area (Å²) in [7, 11) is 1.88. The van der Waals surface area contributed by atoms with Gasteiger partial charge in [0, 0.05) is 25.9 Å². The molecule has 0 saturated carbocycles. The zero-order valence-electron chi connectivity index (χ0n) is 8.68. The maximum absolute atomic E-state index is 5.59. The van der Waals surface area contributed by atoms with Crippen LogP contribution >= 0.6 is 0 Å². The zero-order chi connectivity index (χ0) is 10.8. The third-order valence-electron chi connectivity index (χ3n) is 2.04. The van der Waals surface area contributed by atoms with Crippen LogP contribution in [0.15, 0.2) is 12.4 Å². The smallest absolute Gasteiger partial charge is 0.223 e. The van der Waals surface area contributed by atoms with Crippen molar-refractivity contribution in [1.82, 2.24) is 24.5 Å². The van der Waals surface area contributed by atoms with E-state index in [2.05, 4.69) is 19.9 Å². The molecule has 0 amide bonds. The van der Waals surface area contributed by atoms with Crippen LogP contribution in [0.4, 0.5) is 5.95 Å². The second-order valence-electron chi connectivity index (χ2n) is 3.15. The molecule has 0 bridgehead atoms. The van der Waals surface area contributed by atoms with Crippen molar-refractivity contribution >= 4 is 5.95 Å². The lowest BCUT2D eigenvalue weighted by Gasteiger charge is -2.02. The number of nitrogen functional groups attached to an aromatic ring is 1. The highest BCUT2D eigenvalue weighted by Gasteiger charge is 2.09. The van der Waals surface area contributed by atoms with Gasteiger partial charge in [0.2, 0.25) is 11.8 Å². The summed E-state index contributed by atoms with van der Waals surface area (Å²) in [4.78, 5) is 16.5. The molecule has 0 aliphatic rings. The number of hydrogen-bond acceptors (Lipinski definition) is 5. The summed E-state index contributed by atoms with van der Waals surface area (Å²) in [5, 5.41) is 0. The van der Waals surface area contributed by atoms with E-state index in [1.165, 1.54) is 0 Å². The maximum atomic E-state index is 5.59. The van der Waals surface area contributed by atoms with E-state index in [-0.39, 0.29) is 5.95 Å². The molecule has 0 aromatic carbocycles. The molecule has 2 aromatic heterocycles. The van der Waals surface area contributed by atoms with Crippen LogP contribution in [0.2, 0.25) is 0 Å². The van der Waals surface area contributed by atoms with Crippen LogP contribution < -0.4 is 5.73 Å². The SMILES string of the molecule is CCc1nc(N)nc(-c2nccn2C)n1. The average molecular weight is 204 g/mol. The summed E-state index contributed by atoms with van der Waals surface area (Å²) >= 11 is 0. The number of nitrogens with zero attached hydrogens (tertiary/aromatic N) is 5. The number of aryl methyl sites for hydroxylation is 2. The second-order valence-corrected chi connectivity index (χ2v) is 3.15. The van der Waals surface area contributed by atoms with Gasteiger partial charge >= 0.3 is 0 Å². The normalized spacial score (nSPS) is 10.5. The Morgan fingerprint density at radius 1 is 1.33 bits per heavy atom. The Hall–Kier alpha value is -1.98. The number of imidazole rings is 1. The van der Waals surface area contributed by atoms with Crippen molar-refractivity contribution < 1.29 is 0 Å². The lowest BCUT2D eigenvalue weighted by atomic mass is 10.4. The predicted molar refractivity (Wildman–Crippen MR) is 55.8 cm³/mol. The van der Waals surface area contributed by atoms with E-state index in [0.29, 0.717) is 17.5 Å². The van der Waals surface area contributed by atoms with Gasteiger partial charge in [0.05, 0.1) is 0 Å². The van der Waals surface area contributed by atoms with Gasteiger partial charge in [-0.2, -0.15) is 9.97 Å². The van der Waals surface area contributed by atoms with Gasteiger partial charge in [-0.15, -0.1) is 0 Å². The van der Waals surface area contributed by atoms with Gasteiger partial charge < -0.3 is 10.3 Å². The fourth-order valence-corrected chi connectivity index (χ4v) is 1.28. The van der Waals surface area contributed by atoms with E-state index in [9.17, 15) is 0 Å². The number of aromatic nitrogens is 5. The van der Waals surface area contributed by atoms with E-state index in [1.54, 1.807) is 6.20 Å². The van der Waals surface area contributed by atoms with Crippen molar-refractivity contribution in [3.8, 4) is 11.6 Å². The van der Waals surface area contributed by atoms with Crippen molar-refractivity contribution in [2.45, 2.75) is 13.3 Å². The Bertz CT molecular complexity index is 475. The highest BCUT2D eigenvalue weighted by Crippen LogP contribution is 2.12. The third kappa shape index (κ3) is 1.78. The summed E-state index contributed by atoms with van der Waals surface area (Å²) in [6, 6.07) is 0. The summed E-state index contributed by atoms with van der Waals surface area (Å²) in [5.74, 6) is 2.13. The monoisotopic (exact) mass is 204 g/mol. The third-order valence-corrected chi connectivity index (χ3v) is 2.04. The standard InChI is InChI=1S/C9H12N6/c1-3-6-12-7(14-9(10)13-6)8-11-4-5-15(8)2/h4-5H,3H2,1-2H3,(H2,10,12,13,14). The quantitative estimate of drug-likeness (QED) is 0.766. The molecule has 2 aromatic rings. The van der Waals surface area contributed by atoms with Crippen LogP contribution in [0, 0.1) is 0 Å². The van der Waals surface area contributed by atoms with Gasteiger partial charge in [-0.1, -0.05) is 6.92 Å². The first kappa shape index (κ1) is 9.57. The Labute approximate surface area is 87.2 Å². The van der Waals surface area contributed by atoms with Crippen LogP contribution in [-0.4, -0.2) is 24.5 Å². The fourth-order valence-electron chi connectivity index (χ4n) is 1.28. The largest absolute Gasteiger partial charge is 0.368 e. The van der Waals surface area contributed by atoms with Crippen molar-refractivity contribution in [1.29, 1.82) is 0 Å². The number of rotatable bonds is 2. The molecular weight excluding hydrogens is 192 g/mol. The molecule has 2 rings (SSSR count). The second kappa shape index (κ2) is 3.64. The minimum Gasteiger partial charge on any atom is -0.368 e. The van der Waals surface area contributed by atoms with Gasteiger partial charge in [-0.25, -0.2) is 9.97 Å². The van der Waals surface area contributed by atoms with Crippen molar-refractivity contribution in [3.05, 3.63) is 18.2 Å². The van der Waals surface area contributed by atoms with Gasteiger partial charge in [0.25, 0.3) is 0 Å². The molecule has 15 heavy (non-hydrogen) atoms. The Kier molecular flexibility index (Phi) is 2.32. The lowest BCUT2D eigenvalue weighted by molar-refractivity contribution is 0.869. The molecule has 0 spiro atoms. The summed E-state index contributed by atoms with van der Waals surface area (Å²) in [6.07, 6.45) is 4.26. The minimum atomic E-state index is 0.236. The van der Waals surface area contributed by atoms with Gasteiger partial charge in [0.1, 0.15) is 5.82 Å². The van der Waals surface area contributed by atoms with E-state index >= 15 is 0 Å². The first-order valence-electron chi connectivity index (χ1n) is 4.69. The molecular formula is C9H12N6. The molecule has 2 N–H and O–H groups in total. The van der Waals surface area contributed by atoms with Gasteiger partial charge in [0.15, 0.2) is 5.82 Å². The zero-order valence-corrected chi connectivity index (χ0v) is 8.68. The molecule has 0 aliphatic heterocycles. The topological polar surface area (TPSA) is 82.5 Å². The van der Waals surface area contributed by atoms with Crippen LogP contribution in [0.25, 0.3) is 11.6 Å². The first-order valence-corrected chi connectivity index (χ1v) is 4.69. The van der Waals surface area contributed by atoms with Gasteiger partial charge in [-0.3, -0.25) is 0 Å². The highest BCUT2D eigenvalue weighted by molar-refractivity contribution is 5.45. The highest BCUT2D eigenvalue weighted by atomic mass is 15.1. The Morgan fingerprint density at radius 2 is 2.13 bits per heavy atom. The molecule has 6 heteroatoms.